The van der Waals surface area contributed by atoms with E-state index in [0.29, 0.717) is 0 Å². The summed E-state index contributed by atoms with van der Waals surface area (Å²) in [7, 11) is 0. The van der Waals surface area contributed by atoms with Crippen LogP contribution in [0.25, 0.3) is 0 Å². The van der Waals surface area contributed by atoms with Crippen LogP contribution in [-0.2, 0) is 11.0 Å². The Morgan fingerprint density at radius 3 is 2.24 bits per heavy atom. The van der Waals surface area contributed by atoms with Crippen molar-refractivity contribution in [2.75, 3.05) is 32.8 Å². The third kappa shape index (κ3) is 5.04. The van der Waals surface area contributed by atoms with E-state index in [1.807, 2.05) is 0 Å². The summed E-state index contributed by atoms with van der Waals surface area (Å²) in [5.74, 6) is -1.48. The number of carbonyl (C=O) groups excluding carboxylic acids is 2. The third-order valence-corrected chi connectivity index (χ3v) is 4.54. The summed E-state index contributed by atoms with van der Waals surface area (Å²) in [6.45, 7) is 0.442. The molecule has 0 saturated carbocycles. The number of nitrogens with zero attached hydrogens (tertiary/aromatic N) is 2. The van der Waals surface area contributed by atoms with Crippen molar-refractivity contribution in [3.63, 3.8) is 0 Å². The van der Waals surface area contributed by atoms with E-state index in [9.17, 15) is 27.2 Å². The molecule has 29 heavy (non-hydrogen) atoms. The Morgan fingerprint density at radius 2 is 1.59 bits per heavy atom. The number of hydrogen-bond donors (Lipinski definition) is 0. The number of halogens is 4. The first-order valence-electron chi connectivity index (χ1n) is 8.87. The van der Waals surface area contributed by atoms with Gasteiger partial charge in [-0.2, -0.15) is 13.2 Å². The van der Waals surface area contributed by atoms with Gasteiger partial charge in [0.25, 0.3) is 11.8 Å². The second-order valence-electron chi connectivity index (χ2n) is 6.47. The molecule has 2 amide bonds. The predicted molar refractivity (Wildman–Crippen MR) is 95.8 cm³/mol. The molecule has 1 heterocycles. The third-order valence-electron chi connectivity index (χ3n) is 4.54. The van der Waals surface area contributed by atoms with Gasteiger partial charge in [-0.25, -0.2) is 4.39 Å². The van der Waals surface area contributed by atoms with Crippen LogP contribution in [0.4, 0.5) is 17.6 Å². The maximum absolute atomic E-state index is 13.5. The Hall–Kier alpha value is -3.10. The summed E-state index contributed by atoms with van der Waals surface area (Å²) in [5, 5.41) is 0. The van der Waals surface area contributed by atoms with Crippen molar-refractivity contribution in [3.05, 3.63) is 65.5 Å². The summed E-state index contributed by atoms with van der Waals surface area (Å²) in [6, 6.07) is 9.97. The molecule has 0 aromatic heterocycles. The zero-order valence-corrected chi connectivity index (χ0v) is 15.3. The Kier molecular flexibility index (Phi) is 6.05. The highest BCUT2D eigenvalue weighted by Crippen LogP contribution is 2.29. The van der Waals surface area contributed by atoms with Crippen LogP contribution in [0, 0.1) is 5.82 Å². The second-order valence-corrected chi connectivity index (χ2v) is 6.47. The normalized spacial score (nSPS) is 14.6. The van der Waals surface area contributed by atoms with Crippen molar-refractivity contribution >= 4 is 11.8 Å². The summed E-state index contributed by atoms with van der Waals surface area (Å²) in [4.78, 5) is 27.6. The van der Waals surface area contributed by atoms with Crippen LogP contribution in [0.5, 0.6) is 5.75 Å². The zero-order valence-electron chi connectivity index (χ0n) is 15.3. The molecule has 1 fully saturated rings. The van der Waals surface area contributed by atoms with Crippen molar-refractivity contribution in [3.8, 4) is 5.75 Å². The number of ether oxygens (including phenoxy) is 1. The number of hydrogen-bond acceptors (Lipinski definition) is 3. The lowest BCUT2D eigenvalue weighted by Crippen LogP contribution is -2.51. The molecule has 0 radical (unpaired) electrons. The number of carbonyl (C=O) groups is 2. The van der Waals surface area contributed by atoms with Gasteiger partial charge in [-0.15, -0.1) is 0 Å². The first-order chi connectivity index (χ1) is 13.8. The number of para-hydroxylation sites is 1. The lowest BCUT2D eigenvalue weighted by Gasteiger charge is -2.34. The van der Waals surface area contributed by atoms with Crippen LogP contribution in [0.2, 0.25) is 0 Å². The first-order valence-corrected chi connectivity index (χ1v) is 8.87. The van der Waals surface area contributed by atoms with Crippen molar-refractivity contribution in [1.29, 1.82) is 0 Å². The quantitative estimate of drug-likeness (QED) is 0.728. The highest BCUT2D eigenvalue weighted by Gasteiger charge is 2.32. The smallest absolute Gasteiger partial charge is 0.416 e. The number of piperazine rings is 1. The molecule has 0 N–H and O–H groups in total. The van der Waals surface area contributed by atoms with Gasteiger partial charge in [-0.05, 0) is 30.3 Å². The molecule has 1 aliphatic rings. The number of amides is 2. The molecule has 0 aliphatic carbocycles. The number of rotatable bonds is 4. The SMILES string of the molecule is O=C(COc1ccccc1F)N1CCN(C(=O)c2cccc(C(F)(F)F)c2)CC1. The lowest BCUT2D eigenvalue weighted by atomic mass is 10.1. The average Bonchev–Trinajstić information content (AvgIpc) is 2.72. The summed E-state index contributed by atoms with van der Waals surface area (Å²) in [5.41, 5.74) is -0.940. The summed E-state index contributed by atoms with van der Waals surface area (Å²) < 4.78 is 57.2. The molecule has 5 nitrogen and oxygen atoms in total. The Balaban J connectivity index is 1.54. The molecule has 2 aromatic carbocycles. The topological polar surface area (TPSA) is 49.9 Å². The number of alkyl halides is 3. The first kappa shape index (κ1) is 20.6. The van der Waals surface area contributed by atoms with E-state index < -0.39 is 23.5 Å². The molecular formula is C20H18F4N2O3. The van der Waals surface area contributed by atoms with E-state index in [1.165, 1.54) is 40.1 Å². The van der Waals surface area contributed by atoms with Crippen LogP contribution >= 0.6 is 0 Å². The Labute approximate surface area is 164 Å². The minimum absolute atomic E-state index is 0.0285. The van der Waals surface area contributed by atoms with Gasteiger partial charge in [0.05, 0.1) is 5.56 Å². The van der Waals surface area contributed by atoms with Crippen molar-refractivity contribution in [2.45, 2.75) is 6.18 Å². The fourth-order valence-electron chi connectivity index (χ4n) is 2.96. The fraction of sp³-hybridized carbons (Fsp3) is 0.300. The molecule has 0 spiro atoms. The molecule has 1 saturated heterocycles. The Bertz CT molecular complexity index is 893. The molecule has 9 heteroatoms. The van der Waals surface area contributed by atoms with Gasteiger partial charge < -0.3 is 14.5 Å². The van der Waals surface area contributed by atoms with E-state index in [2.05, 4.69) is 0 Å². The summed E-state index contributed by atoms with van der Waals surface area (Å²) in [6.07, 6.45) is -4.53. The maximum atomic E-state index is 13.5. The van der Waals surface area contributed by atoms with Crippen LogP contribution < -0.4 is 4.74 Å². The van der Waals surface area contributed by atoms with Gasteiger partial charge in [0, 0.05) is 31.7 Å². The molecule has 0 atom stereocenters. The minimum atomic E-state index is -4.53. The molecule has 0 bridgehead atoms. The van der Waals surface area contributed by atoms with E-state index >= 15 is 0 Å². The maximum Gasteiger partial charge on any atom is 0.416 e. The van der Waals surface area contributed by atoms with E-state index in [1.54, 1.807) is 6.07 Å². The molecular weight excluding hydrogens is 392 g/mol. The molecule has 0 unspecified atom stereocenters. The molecule has 154 valence electrons. The van der Waals surface area contributed by atoms with E-state index in [-0.39, 0.29) is 50.0 Å². The van der Waals surface area contributed by atoms with Crippen molar-refractivity contribution in [1.82, 2.24) is 9.80 Å². The van der Waals surface area contributed by atoms with Crippen LogP contribution in [0.1, 0.15) is 15.9 Å². The fourth-order valence-corrected chi connectivity index (χ4v) is 2.96. The molecule has 1 aliphatic heterocycles. The van der Waals surface area contributed by atoms with E-state index in [4.69, 9.17) is 4.74 Å². The highest BCUT2D eigenvalue weighted by molar-refractivity contribution is 5.94. The number of benzene rings is 2. The average molecular weight is 410 g/mol. The van der Waals surface area contributed by atoms with Gasteiger partial charge in [0.1, 0.15) is 0 Å². The minimum Gasteiger partial charge on any atom is -0.481 e. The highest BCUT2D eigenvalue weighted by atomic mass is 19.4. The molecule has 3 rings (SSSR count). The largest absolute Gasteiger partial charge is 0.481 e. The van der Waals surface area contributed by atoms with Gasteiger partial charge >= 0.3 is 6.18 Å². The lowest BCUT2D eigenvalue weighted by molar-refractivity contribution is -0.137. The van der Waals surface area contributed by atoms with Crippen LogP contribution in [-0.4, -0.2) is 54.4 Å². The summed E-state index contributed by atoms with van der Waals surface area (Å²) >= 11 is 0. The monoisotopic (exact) mass is 410 g/mol. The standard InChI is InChI=1S/C20H18F4N2O3/c21-16-6-1-2-7-17(16)29-13-18(27)25-8-10-26(11-9-25)19(28)14-4-3-5-15(12-14)20(22,23)24/h1-7,12H,8-11,13H2. The predicted octanol–water partition coefficient (Wildman–Crippen LogP) is 3.21. The van der Waals surface area contributed by atoms with Crippen molar-refractivity contribution < 1.29 is 31.9 Å². The van der Waals surface area contributed by atoms with Gasteiger partial charge in [0.15, 0.2) is 18.2 Å². The van der Waals surface area contributed by atoms with Gasteiger partial charge in [0.2, 0.25) is 0 Å². The zero-order chi connectivity index (χ0) is 21.0. The van der Waals surface area contributed by atoms with Gasteiger partial charge in [-0.3, -0.25) is 9.59 Å². The second kappa shape index (κ2) is 8.50. The van der Waals surface area contributed by atoms with Crippen LogP contribution in [0.15, 0.2) is 48.5 Å². The van der Waals surface area contributed by atoms with Crippen LogP contribution in [0.3, 0.4) is 0 Å². The molecule has 2 aromatic rings. The van der Waals surface area contributed by atoms with Gasteiger partial charge in [-0.1, -0.05) is 18.2 Å². The van der Waals surface area contributed by atoms with E-state index in [0.717, 1.165) is 12.1 Å². The Morgan fingerprint density at radius 1 is 0.931 bits per heavy atom. The van der Waals surface area contributed by atoms with Crippen molar-refractivity contribution in [2.24, 2.45) is 0 Å².